The number of fused-ring (bicyclic) bond motifs is 1. The van der Waals surface area contributed by atoms with Gasteiger partial charge in [0.25, 0.3) is 5.91 Å². The summed E-state index contributed by atoms with van der Waals surface area (Å²) in [7, 11) is 0. The summed E-state index contributed by atoms with van der Waals surface area (Å²) in [6.07, 6.45) is 1.08. The molecule has 1 aliphatic heterocycles. The molecule has 0 radical (unpaired) electrons. The summed E-state index contributed by atoms with van der Waals surface area (Å²) in [6, 6.07) is 11.6. The number of morpholine rings is 1. The predicted octanol–water partition coefficient (Wildman–Crippen LogP) is 1.60. The first-order valence-corrected chi connectivity index (χ1v) is 6.44. The standard InChI is InChI=1S/C15H13N3O2/c16-9-12-10-18(7-8-20-12)15(19)14-13-4-2-1-3-11(13)5-6-17-14/h1-6,12H,7-8,10H2. The monoisotopic (exact) mass is 267 g/mol. The molecule has 1 saturated heterocycles. The molecular weight excluding hydrogens is 254 g/mol. The lowest BCUT2D eigenvalue weighted by Gasteiger charge is -2.29. The van der Waals surface area contributed by atoms with Gasteiger partial charge in [0.2, 0.25) is 0 Å². The largest absolute Gasteiger partial charge is 0.360 e. The van der Waals surface area contributed by atoms with Crippen LogP contribution in [-0.2, 0) is 4.74 Å². The molecule has 1 amide bonds. The van der Waals surface area contributed by atoms with Crippen LogP contribution in [0.4, 0.5) is 0 Å². The van der Waals surface area contributed by atoms with Crippen molar-refractivity contribution in [3.8, 4) is 6.07 Å². The normalized spacial score (nSPS) is 18.8. The van der Waals surface area contributed by atoms with Gasteiger partial charge in [0.05, 0.1) is 19.2 Å². The molecule has 0 bridgehead atoms. The second-order valence-corrected chi connectivity index (χ2v) is 4.62. The zero-order valence-electron chi connectivity index (χ0n) is 10.8. The van der Waals surface area contributed by atoms with E-state index < -0.39 is 6.10 Å². The fourth-order valence-electron chi connectivity index (χ4n) is 2.35. The Morgan fingerprint density at radius 2 is 2.25 bits per heavy atom. The van der Waals surface area contributed by atoms with Crippen molar-refractivity contribution in [1.82, 2.24) is 9.88 Å². The van der Waals surface area contributed by atoms with Gasteiger partial charge < -0.3 is 9.64 Å². The van der Waals surface area contributed by atoms with E-state index in [9.17, 15) is 4.79 Å². The minimum Gasteiger partial charge on any atom is -0.360 e. The van der Waals surface area contributed by atoms with E-state index in [2.05, 4.69) is 4.98 Å². The topological polar surface area (TPSA) is 66.2 Å². The maximum absolute atomic E-state index is 12.6. The SMILES string of the molecule is N#CC1CN(C(=O)c2nccc3ccccc23)CCO1. The van der Waals surface area contributed by atoms with Crippen LogP contribution in [-0.4, -0.2) is 41.6 Å². The van der Waals surface area contributed by atoms with E-state index in [1.54, 1.807) is 11.1 Å². The summed E-state index contributed by atoms with van der Waals surface area (Å²) in [4.78, 5) is 18.4. The Kier molecular flexibility index (Phi) is 3.32. The number of nitrogens with zero attached hydrogens (tertiary/aromatic N) is 3. The Morgan fingerprint density at radius 3 is 3.10 bits per heavy atom. The molecule has 1 atom stereocenters. The van der Waals surface area contributed by atoms with Crippen LogP contribution < -0.4 is 0 Å². The highest BCUT2D eigenvalue weighted by Crippen LogP contribution is 2.18. The third-order valence-electron chi connectivity index (χ3n) is 3.37. The molecule has 0 saturated carbocycles. The van der Waals surface area contributed by atoms with Crippen LogP contribution in [0.2, 0.25) is 0 Å². The summed E-state index contributed by atoms with van der Waals surface area (Å²) < 4.78 is 5.26. The fourth-order valence-corrected chi connectivity index (χ4v) is 2.35. The van der Waals surface area contributed by atoms with Crippen LogP contribution in [0.1, 0.15) is 10.5 Å². The van der Waals surface area contributed by atoms with Crippen LogP contribution >= 0.6 is 0 Å². The molecule has 1 aliphatic rings. The van der Waals surface area contributed by atoms with Gasteiger partial charge in [-0.2, -0.15) is 5.26 Å². The Bertz CT molecular complexity index is 688. The first kappa shape index (κ1) is 12.6. The average Bonchev–Trinajstić information content (AvgIpc) is 2.53. The third-order valence-corrected chi connectivity index (χ3v) is 3.37. The zero-order valence-corrected chi connectivity index (χ0v) is 10.8. The van der Waals surface area contributed by atoms with Gasteiger partial charge in [0.15, 0.2) is 6.10 Å². The van der Waals surface area contributed by atoms with E-state index in [4.69, 9.17) is 10.00 Å². The molecule has 1 aromatic heterocycles. The molecule has 2 heterocycles. The summed E-state index contributed by atoms with van der Waals surface area (Å²) in [5.74, 6) is -0.148. The van der Waals surface area contributed by atoms with E-state index in [0.717, 1.165) is 10.8 Å². The Labute approximate surface area is 116 Å². The van der Waals surface area contributed by atoms with Gasteiger partial charge in [-0.25, -0.2) is 0 Å². The van der Waals surface area contributed by atoms with Gasteiger partial charge in [-0.1, -0.05) is 24.3 Å². The number of ether oxygens (including phenoxy) is 1. The molecule has 1 aromatic carbocycles. The van der Waals surface area contributed by atoms with Crippen LogP contribution in [0.25, 0.3) is 10.8 Å². The number of amides is 1. The molecule has 100 valence electrons. The quantitative estimate of drug-likeness (QED) is 0.787. The van der Waals surface area contributed by atoms with Crippen molar-refractivity contribution >= 4 is 16.7 Å². The van der Waals surface area contributed by atoms with Crippen LogP contribution in [0.15, 0.2) is 36.5 Å². The van der Waals surface area contributed by atoms with E-state index in [1.807, 2.05) is 36.4 Å². The molecule has 5 nitrogen and oxygen atoms in total. The van der Waals surface area contributed by atoms with Gasteiger partial charge in [0, 0.05) is 18.1 Å². The second-order valence-electron chi connectivity index (χ2n) is 4.62. The van der Waals surface area contributed by atoms with Gasteiger partial charge in [0.1, 0.15) is 5.69 Å². The van der Waals surface area contributed by atoms with Crippen molar-refractivity contribution < 1.29 is 9.53 Å². The van der Waals surface area contributed by atoms with Gasteiger partial charge in [-0.3, -0.25) is 9.78 Å². The first-order valence-electron chi connectivity index (χ1n) is 6.44. The predicted molar refractivity (Wildman–Crippen MR) is 73.0 cm³/mol. The number of benzene rings is 1. The number of pyridine rings is 1. The highest BCUT2D eigenvalue weighted by atomic mass is 16.5. The minimum absolute atomic E-state index is 0.148. The number of hydrogen-bond acceptors (Lipinski definition) is 4. The molecule has 2 aromatic rings. The highest BCUT2D eigenvalue weighted by molar-refractivity contribution is 6.05. The highest BCUT2D eigenvalue weighted by Gasteiger charge is 2.26. The van der Waals surface area contributed by atoms with Crippen molar-refractivity contribution in [2.24, 2.45) is 0 Å². The Balaban J connectivity index is 1.95. The molecule has 1 unspecified atom stereocenters. The van der Waals surface area contributed by atoms with E-state index in [1.165, 1.54) is 0 Å². The van der Waals surface area contributed by atoms with Crippen LogP contribution in [0.3, 0.4) is 0 Å². The van der Waals surface area contributed by atoms with Crippen molar-refractivity contribution in [1.29, 1.82) is 5.26 Å². The molecule has 0 N–H and O–H groups in total. The van der Waals surface area contributed by atoms with Gasteiger partial charge in [-0.15, -0.1) is 0 Å². The molecule has 1 fully saturated rings. The van der Waals surface area contributed by atoms with Crippen LogP contribution in [0, 0.1) is 11.3 Å². The number of carbonyl (C=O) groups is 1. The number of carbonyl (C=O) groups excluding carboxylic acids is 1. The second kappa shape index (κ2) is 5.27. The van der Waals surface area contributed by atoms with Gasteiger partial charge in [-0.05, 0) is 11.5 Å². The number of aromatic nitrogens is 1. The summed E-state index contributed by atoms with van der Waals surface area (Å²) >= 11 is 0. The smallest absolute Gasteiger partial charge is 0.273 e. The lowest BCUT2D eigenvalue weighted by molar-refractivity contribution is 0.00330. The molecule has 5 heteroatoms. The molecule has 20 heavy (non-hydrogen) atoms. The lowest BCUT2D eigenvalue weighted by Crippen LogP contribution is -2.45. The maximum Gasteiger partial charge on any atom is 0.273 e. The molecular formula is C15H13N3O2. The maximum atomic E-state index is 12.6. The Hall–Kier alpha value is -2.45. The summed E-state index contributed by atoms with van der Waals surface area (Å²) in [5.41, 5.74) is 0.432. The van der Waals surface area contributed by atoms with Crippen molar-refractivity contribution in [2.75, 3.05) is 19.7 Å². The first-order chi connectivity index (χ1) is 9.79. The Morgan fingerprint density at radius 1 is 1.40 bits per heavy atom. The van der Waals surface area contributed by atoms with E-state index in [0.29, 0.717) is 25.4 Å². The van der Waals surface area contributed by atoms with E-state index in [-0.39, 0.29) is 5.91 Å². The lowest BCUT2D eigenvalue weighted by atomic mass is 10.1. The van der Waals surface area contributed by atoms with E-state index >= 15 is 0 Å². The van der Waals surface area contributed by atoms with Gasteiger partial charge >= 0.3 is 0 Å². The van der Waals surface area contributed by atoms with Crippen LogP contribution in [0.5, 0.6) is 0 Å². The van der Waals surface area contributed by atoms with Crippen molar-refractivity contribution in [2.45, 2.75) is 6.10 Å². The molecule has 0 spiro atoms. The number of hydrogen-bond donors (Lipinski definition) is 0. The third kappa shape index (κ3) is 2.22. The summed E-state index contributed by atoms with van der Waals surface area (Å²) in [6.45, 7) is 1.16. The minimum atomic E-state index is -0.553. The molecule has 0 aliphatic carbocycles. The average molecular weight is 267 g/mol. The molecule has 3 rings (SSSR count). The van der Waals surface area contributed by atoms with Crippen molar-refractivity contribution in [3.05, 3.63) is 42.2 Å². The zero-order chi connectivity index (χ0) is 13.9. The number of rotatable bonds is 1. The fraction of sp³-hybridized carbons (Fsp3) is 0.267. The van der Waals surface area contributed by atoms with Crippen molar-refractivity contribution in [3.63, 3.8) is 0 Å². The number of nitriles is 1. The summed E-state index contributed by atoms with van der Waals surface area (Å²) in [5, 5.41) is 10.7.